The molecule has 102 valence electrons. The van der Waals surface area contributed by atoms with Crippen molar-refractivity contribution in [3.63, 3.8) is 0 Å². The molecule has 2 rings (SSSR count). The third kappa shape index (κ3) is 2.57. The van der Waals surface area contributed by atoms with Crippen LogP contribution < -0.4 is 5.46 Å². The lowest BCUT2D eigenvalue weighted by Gasteiger charge is -2.32. The zero-order valence-corrected chi connectivity index (χ0v) is 12.7. The van der Waals surface area contributed by atoms with Crippen molar-refractivity contribution in [1.29, 1.82) is 0 Å². The average molecular weight is 281 g/mol. The van der Waals surface area contributed by atoms with Crippen LogP contribution in [0.3, 0.4) is 0 Å². The molecule has 1 aliphatic heterocycles. The van der Waals surface area contributed by atoms with Gasteiger partial charge in [-0.1, -0.05) is 17.7 Å². The van der Waals surface area contributed by atoms with Gasteiger partial charge in [0.15, 0.2) is 0 Å². The van der Waals surface area contributed by atoms with Crippen LogP contribution in [0.4, 0.5) is 0 Å². The molecule has 1 aromatic rings. The van der Waals surface area contributed by atoms with Crippen molar-refractivity contribution in [1.82, 2.24) is 0 Å². The van der Waals surface area contributed by atoms with E-state index >= 15 is 0 Å². The van der Waals surface area contributed by atoms with Crippen LogP contribution >= 0.6 is 11.6 Å². The zero-order valence-electron chi connectivity index (χ0n) is 11.9. The normalized spacial score (nSPS) is 20.6. The Morgan fingerprint density at radius 2 is 1.68 bits per heavy atom. The molecule has 0 atom stereocenters. The monoisotopic (exact) mass is 280 g/mol. The fourth-order valence-corrected chi connectivity index (χ4v) is 2.10. The second kappa shape index (κ2) is 4.62. The number of carbonyl (C=O) groups excluding carboxylic acids is 1. The maximum absolute atomic E-state index is 11.3. The molecule has 1 aromatic carbocycles. The number of aryl methyl sites for hydroxylation is 1. The zero-order chi connectivity index (χ0) is 14.4. The lowest BCUT2D eigenvalue weighted by atomic mass is 9.75. The van der Waals surface area contributed by atoms with Gasteiger partial charge in [-0.3, -0.25) is 4.79 Å². The van der Waals surface area contributed by atoms with Crippen LogP contribution in [-0.4, -0.2) is 23.6 Å². The van der Waals surface area contributed by atoms with Gasteiger partial charge in [0.2, 0.25) is 0 Å². The van der Waals surface area contributed by atoms with Gasteiger partial charge in [0.25, 0.3) is 5.24 Å². The van der Waals surface area contributed by atoms with Gasteiger partial charge in [0.1, 0.15) is 0 Å². The lowest BCUT2D eigenvalue weighted by Crippen LogP contribution is -2.41. The quantitative estimate of drug-likeness (QED) is 0.617. The molecule has 3 nitrogen and oxygen atoms in total. The molecule has 0 spiro atoms. The number of benzene rings is 1. The van der Waals surface area contributed by atoms with Crippen LogP contribution in [0.2, 0.25) is 0 Å². The fraction of sp³-hybridized carbons (Fsp3) is 0.500. The first-order chi connectivity index (χ1) is 8.64. The first-order valence-electron chi connectivity index (χ1n) is 6.30. The summed E-state index contributed by atoms with van der Waals surface area (Å²) in [7, 11) is -0.471. The molecule has 0 bridgehead atoms. The predicted octanol–water partition coefficient (Wildman–Crippen LogP) is 2.67. The van der Waals surface area contributed by atoms with E-state index in [1.54, 1.807) is 12.1 Å². The van der Waals surface area contributed by atoms with Crippen molar-refractivity contribution in [3.8, 4) is 0 Å². The van der Waals surface area contributed by atoms with Crippen LogP contribution in [0.15, 0.2) is 18.2 Å². The Balaban J connectivity index is 2.39. The molecule has 19 heavy (non-hydrogen) atoms. The van der Waals surface area contributed by atoms with E-state index in [9.17, 15) is 4.79 Å². The Morgan fingerprint density at radius 1 is 1.16 bits per heavy atom. The number of hydrogen-bond acceptors (Lipinski definition) is 3. The van der Waals surface area contributed by atoms with Crippen molar-refractivity contribution >= 4 is 29.4 Å². The summed E-state index contributed by atoms with van der Waals surface area (Å²) in [5.41, 5.74) is 1.53. The van der Waals surface area contributed by atoms with Crippen molar-refractivity contribution in [3.05, 3.63) is 29.3 Å². The summed E-state index contributed by atoms with van der Waals surface area (Å²) in [6.07, 6.45) is 0. The third-order valence-electron chi connectivity index (χ3n) is 4.01. The van der Waals surface area contributed by atoms with E-state index in [0.29, 0.717) is 5.56 Å². The minimum atomic E-state index is -0.474. The van der Waals surface area contributed by atoms with Crippen LogP contribution in [0.25, 0.3) is 0 Å². The Hall–Kier alpha value is -0.835. The third-order valence-corrected chi connectivity index (χ3v) is 4.23. The summed E-state index contributed by atoms with van der Waals surface area (Å²) in [5.74, 6) is 0. The molecule has 0 radical (unpaired) electrons. The first kappa shape index (κ1) is 14.6. The minimum absolute atomic E-state index is 0.398. The van der Waals surface area contributed by atoms with Crippen LogP contribution in [0.5, 0.6) is 0 Å². The second-order valence-corrected chi connectivity index (χ2v) is 6.28. The topological polar surface area (TPSA) is 35.5 Å². The molecule has 0 aromatic heterocycles. The van der Waals surface area contributed by atoms with Crippen molar-refractivity contribution < 1.29 is 14.1 Å². The predicted molar refractivity (Wildman–Crippen MR) is 77.1 cm³/mol. The first-order valence-corrected chi connectivity index (χ1v) is 6.68. The number of rotatable bonds is 2. The van der Waals surface area contributed by atoms with Crippen LogP contribution in [0, 0.1) is 6.92 Å². The molecule has 0 aliphatic carbocycles. The van der Waals surface area contributed by atoms with Gasteiger partial charge in [0.05, 0.1) is 11.2 Å². The van der Waals surface area contributed by atoms with Crippen molar-refractivity contribution in [2.45, 2.75) is 45.8 Å². The van der Waals surface area contributed by atoms with Gasteiger partial charge in [0, 0.05) is 5.56 Å². The van der Waals surface area contributed by atoms with Crippen LogP contribution in [-0.2, 0) is 9.31 Å². The highest BCUT2D eigenvalue weighted by Gasteiger charge is 2.52. The summed E-state index contributed by atoms with van der Waals surface area (Å²) in [6.45, 7) is 9.96. The highest BCUT2D eigenvalue weighted by molar-refractivity contribution is 6.68. The smallest absolute Gasteiger partial charge is 0.399 e. The SMILES string of the molecule is Cc1ccc(C(=O)Cl)cc1B1OC(C)(C)C(C)(C)O1. The van der Waals surface area contributed by atoms with E-state index in [1.165, 1.54) is 0 Å². The van der Waals surface area contributed by atoms with E-state index in [-0.39, 0.29) is 0 Å². The highest BCUT2D eigenvalue weighted by atomic mass is 35.5. The lowest BCUT2D eigenvalue weighted by molar-refractivity contribution is 0.00578. The molecule has 5 heteroatoms. The maximum Gasteiger partial charge on any atom is 0.495 e. The number of hydrogen-bond donors (Lipinski definition) is 0. The highest BCUT2D eigenvalue weighted by Crippen LogP contribution is 2.36. The van der Waals surface area contributed by atoms with E-state index < -0.39 is 23.6 Å². The Bertz CT molecular complexity index is 509. The molecule has 0 N–H and O–H groups in total. The average Bonchev–Trinajstić information content (AvgIpc) is 2.48. The minimum Gasteiger partial charge on any atom is -0.399 e. The summed E-state index contributed by atoms with van der Waals surface area (Å²) < 4.78 is 12.0. The standard InChI is InChI=1S/C14H18BClO3/c1-9-6-7-10(12(16)17)8-11(9)15-18-13(2,3)14(4,5)19-15/h6-8H,1-5H3. The van der Waals surface area contributed by atoms with E-state index in [1.807, 2.05) is 40.7 Å². The largest absolute Gasteiger partial charge is 0.495 e. The fourth-order valence-electron chi connectivity index (χ4n) is 1.99. The second-order valence-electron chi connectivity index (χ2n) is 5.93. The van der Waals surface area contributed by atoms with Gasteiger partial charge < -0.3 is 9.31 Å². The van der Waals surface area contributed by atoms with Gasteiger partial charge >= 0.3 is 7.12 Å². The summed E-state index contributed by atoms with van der Waals surface area (Å²) in [6, 6.07) is 5.31. The number of carbonyl (C=O) groups is 1. The molecule has 1 aliphatic rings. The molecule has 1 saturated heterocycles. The Morgan fingerprint density at radius 3 is 2.16 bits per heavy atom. The number of halogens is 1. The van der Waals surface area contributed by atoms with Gasteiger partial charge in [-0.15, -0.1) is 0 Å². The Labute approximate surface area is 119 Å². The summed E-state index contributed by atoms with van der Waals surface area (Å²) in [5, 5.41) is -0.474. The van der Waals surface area contributed by atoms with Crippen LogP contribution in [0.1, 0.15) is 43.6 Å². The molecular formula is C14H18BClO3. The van der Waals surface area contributed by atoms with Crippen molar-refractivity contribution in [2.24, 2.45) is 0 Å². The molecule has 0 unspecified atom stereocenters. The molecule has 0 saturated carbocycles. The van der Waals surface area contributed by atoms with Gasteiger partial charge in [-0.25, -0.2) is 0 Å². The summed E-state index contributed by atoms with van der Waals surface area (Å²) >= 11 is 5.53. The van der Waals surface area contributed by atoms with Crippen molar-refractivity contribution in [2.75, 3.05) is 0 Å². The Kier molecular flexibility index (Phi) is 3.54. The molecule has 0 amide bonds. The van der Waals surface area contributed by atoms with E-state index in [4.69, 9.17) is 20.9 Å². The van der Waals surface area contributed by atoms with E-state index in [0.717, 1.165) is 11.0 Å². The van der Waals surface area contributed by atoms with E-state index in [2.05, 4.69) is 0 Å². The maximum atomic E-state index is 11.3. The molecular weight excluding hydrogens is 262 g/mol. The van der Waals surface area contributed by atoms with Gasteiger partial charge in [-0.2, -0.15) is 0 Å². The summed E-state index contributed by atoms with van der Waals surface area (Å²) in [4.78, 5) is 11.3. The van der Waals surface area contributed by atoms with Gasteiger partial charge in [-0.05, 0) is 57.7 Å². The molecule has 1 heterocycles. The molecule has 1 fully saturated rings.